The maximum absolute atomic E-state index is 13.1. The summed E-state index contributed by atoms with van der Waals surface area (Å²) in [4.78, 5) is 27.4. The molecule has 170 valence electrons. The van der Waals surface area contributed by atoms with E-state index in [1.54, 1.807) is 18.2 Å². The SMILES string of the molecule is CC1(C)[C@H](C(=O)N[C@H](N2C[C@@H]3C[C@H](C2)c2cccc(=O)n2C3)C(Cl)(Cl)Cl)[C@@H]1C=C(Cl)Cl. The van der Waals surface area contributed by atoms with Crippen molar-refractivity contribution >= 4 is 63.9 Å². The fourth-order valence-corrected chi connectivity index (χ4v) is 6.22. The van der Waals surface area contributed by atoms with Gasteiger partial charge in [0.05, 0.1) is 5.92 Å². The van der Waals surface area contributed by atoms with E-state index in [0.717, 1.165) is 12.1 Å². The number of carbonyl (C=O) groups excluding carboxylic acids is 1. The zero-order valence-corrected chi connectivity index (χ0v) is 20.9. The monoisotopic (exact) mass is 525 g/mol. The van der Waals surface area contributed by atoms with Crippen molar-refractivity contribution in [1.82, 2.24) is 14.8 Å². The van der Waals surface area contributed by atoms with Crippen molar-refractivity contribution in [2.75, 3.05) is 13.1 Å². The maximum atomic E-state index is 13.1. The molecule has 2 bridgehead atoms. The van der Waals surface area contributed by atoms with Gasteiger partial charge in [-0.05, 0) is 35.8 Å². The summed E-state index contributed by atoms with van der Waals surface area (Å²) in [6, 6.07) is 5.35. The number of alkyl halides is 3. The van der Waals surface area contributed by atoms with Crippen molar-refractivity contribution in [2.45, 2.75) is 42.7 Å². The quantitative estimate of drug-likeness (QED) is 0.579. The fourth-order valence-electron chi connectivity index (χ4n) is 5.37. The van der Waals surface area contributed by atoms with Gasteiger partial charge in [-0.25, -0.2) is 0 Å². The van der Waals surface area contributed by atoms with Gasteiger partial charge in [0.2, 0.25) is 9.70 Å². The number of rotatable bonds is 4. The highest BCUT2D eigenvalue weighted by molar-refractivity contribution is 6.68. The number of fused-ring (bicyclic) bond motifs is 4. The summed E-state index contributed by atoms with van der Waals surface area (Å²) in [6.45, 7) is 5.81. The van der Waals surface area contributed by atoms with Crippen LogP contribution in [0.5, 0.6) is 0 Å². The number of pyridine rings is 1. The zero-order valence-electron chi connectivity index (χ0n) is 17.1. The largest absolute Gasteiger partial charge is 0.336 e. The first-order valence-corrected chi connectivity index (χ1v) is 12.1. The number of nitrogens with one attached hydrogen (secondary N) is 1. The Bertz CT molecular complexity index is 966. The number of hydrogen-bond acceptors (Lipinski definition) is 3. The number of likely N-dealkylation sites (tertiary alicyclic amines) is 1. The molecule has 1 aromatic rings. The van der Waals surface area contributed by atoms with E-state index in [0.29, 0.717) is 19.6 Å². The third-order valence-corrected chi connectivity index (χ3v) is 7.83. The van der Waals surface area contributed by atoms with Gasteiger partial charge in [-0.1, -0.05) is 77.9 Å². The van der Waals surface area contributed by atoms with E-state index < -0.39 is 9.96 Å². The first kappa shape index (κ1) is 23.7. The highest BCUT2D eigenvalue weighted by Gasteiger charge is 2.61. The first-order valence-electron chi connectivity index (χ1n) is 10.2. The molecule has 0 unspecified atom stereocenters. The molecule has 0 spiro atoms. The minimum absolute atomic E-state index is 0.0138. The molecular weight excluding hydrogens is 504 g/mol. The van der Waals surface area contributed by atoms with Crippen LogP contribution >= 0.6 is 58.0 Å². The first-order chi connectivity index (χ1) is 14.4. The predicted octanol–water partition coefficient (Wildman–Crippen LogP) is 4.67. The number of allylic oxidation sites excluding steroid dienone is 1. The summed E-state index contributed by atoms with van der Waals surface area (Å²) >= 11 is 30.7. The number of amides is 1. The molecule has 4 rings (SSSR count). The lowest BCUT2D eigenvalue weighted by atomic mass is 9.83. The predicted molar refractivity (Wildman–Crippen MR) is 126 cm³/mol. The Morgan fingerprint density at radius 2 is 1.94 bits per heavy atom. The summed E-state index contributed by atoms with van der Waals surface area (Å²) in [5, 5.41) is 2.98. The molecule has 1 N–H and O–H groups in total. The van der Waals surface area contributed by atoms with Gasteiger partial charge >= 0.3 is 0 Å². The third kappa shape index (κ3) is 4.64. The van der Waals surface area contributed by atoms with Crippen molar-refractivity contribution in [1.29, 1.82) is 0 Å². The molecule has 1 amide bonds. The molecule has 1 aliphatic carbocycles. The van der Waals surface area contributed by atoms with E-state index in [1.807, 2.05) is 29.4 Å². The highest BCUT2D eigenvalue weighted by Crippen LogP contribution is 2.60. The number of aromatic nitrogens is 1. The van der Waals surface area contributed by atoms with E-state index in [1.165, 1.54) is 0 Å². The van der Waals surface area contributed by atoms with E-state index in [4.69, 9.17) is 58.0 Å². The van der Waals surface area contributed by atoms with Crippen LogP contribution in [0, 0.1) is 23.2 Å². The molecule has 3 aliphatic rings. The van der Waals surface area contributed by atoms with Crippen LogP contribution in [0.4, 0.5) is 0 Å². The molecule has 5 atom stereocenters. The third-order valence-electron chi connectivity index (χ3n) is 6.96. The smallest absolute Gasteiger partial charge is 0.250 e. The van der Waals surface area contributed by atoms with Crippen LogP contribution in [-0.4, -0.2) is 38.4 Å². The van der Waals surface area contributed by atoms with Crippen molar-refractivity contribution in [3.05, 3.63) is 44.8 Å². The van der Waals surface area contributed by atoms with Crippen molar-refractivity contribution < 1.29 is 4.79 Å². The van der Waals surface area contributed by atoms with Crippen LogP contribution in [-0.2, 0) is 11.3 Å². The molecule has 2 aliphatic heterocycles. The Morgan fingerprint density at radius 3 is 2.58 bits per heavy atom. The Hall–Kier alpha value is -0.430. The Balaban J connectivity index is 1.54. The molecule has 31 heavy (non-hydrogen) atoms. The zero-order chi connectivity index (χ0) is 22.7. The second-order valence-corrected chi connectivity index (χ2v) is 12.8. The van der Waals surface area contributed by atoms with Crippen LogP contribution in [0.3, 0.4) is 0 Å². The minimum atomic E-state index is -1.72. The van der Waals surface area contributed by atoms with Gasteiger partial charge in [0, 0.05) is 37.3 Å². The average molecular weight is 528 g/mol. The molecule has 3 heterocycles. The van der Waals surface area contributed by atoms with Crippen LogP contribution < -0.4 is 10.9 Å². The molecule has 0 radical (unpaired) electrons. The second-order valence-electron chi connectivity index (χ2n) is 9.39. The van der Waals surface area contributed by atoms with E-state index in [-0.39, 0.29) is 45.0 Å². The molecule has 1 saturated heterocycles. The summed E-state index contributed by atoms with van der Waals surface area (Å²) in [5.41, 5.74) is 0.725. The van der Waals surface area contributed by atoms with Crippen LogP contribution in [0.2, 0.25) is 0 Å². The van der Waals surface area contributed by atoms with E-state index in [2.05, 4.69) is 5.32 Å². The van der Waals surface area contributed by atoms with Crippen LogP contribution in [0.15, 0.2) is 33.6 Å². The van der Waals surface area contributed by atoms with Gasteiger partial charge < -0.3 is 9.88 Å². The Kier molecular flexibility index (Phi) is 6.44. The van der Waals surface area contributed by atoms with Crippen molar-refractivity contribution in [3.63, 3.8) is 0 Å². The summed E-state index contributed by atoms with van der Waals surface area (Å²) < 4.78 is 0.272. The molecule has 1 aromatic heterocycles. The normalized spacial score (nSPS) is 30.2. The van der Waals surface area contributed by atoms with Gasteiger partial charge in [0.1, 0.15) is 10.7 Å². The second kappa shape index (κ2) is 8.41. The van der Waals surface area contributed by atoms with Gasteiger partial charge in [0.15, 0.2) is 0 Å². The van der Waals surface area contributed by atoms with Gasteiger partial charge in [-0.15, -0.1) is 0 Å². The number of halogens is 5. The Morgan fingerprint density at radius 1 is 1.23 bits per heavy atom. The summed E-state index contributed by atoms with van der Waals surface area (Å²) in [5.74, 6) is -0.201. The summed E-state index contributed by atoms with van der Waals surface area (Å²) in [7, 11) is 0. The molecule has 2 fully saturated rings. The molecule has 10 heteroatoms. The average Bonchev–Trinajstić information content (AvgIpc) is 3.18. The van der Waals surface area contributed by atoms with E-state index >= 15 is 0 Å². The van der Waals surface area contributed by atoms with Gasteiger partial charge in [-0.2, -0.15) is 0 Å². The lowest BCUT2D eigenvalue weighted by Gasteiger charge is -2.47. The Labute approximate surface area is 206 Å². The minimum Gasteiger partial charge on any atom is -0.336 e. The molecule has 0 aromatic carbocycles. The lowest BCUT2D eigenvalue weighted by molar-refractivity contribution is -0.125. The lowest BCUT2D eigenvalue weighted by Crippen LogP contribution is -2.60. The van der Waals surface area contributed by atoms with Gasteiger partial charge in [0.25, 0.3) is 5.56 Å². The highest BCUT2D eigenvalue weighted by atomic mass is 35.6. The molecule has 1 saturated carbocycles. The van der Waals surface area contributed by atoms with Crippen LogP contribution in [0.1, 0.15) is 31.9 Å². The van der Waals surface area contributed by atoms with Crippen molar-refractivity contribution in [2.24, 2.45) is 23.2 Å². The van der Waals surface area contributed by atoms with Crippen LogP contribution in [0.25, 0.3) is 0 Å². The van der Waals surface area contributed by atoms with E-state index in [9.17, 15) is 9.59 Å². The number of carbonyl (C=O) groups is 1. The maximum Gasteiger partial charge on any atom is 0.250 e. The topological polar surface area (TPSA) is 54.3 Å². The standard InChI is InChI=1S/C21H24Cl5N3O2/c1-20(2)13(7-15(22)23)17(20)18(31)27-19(21(24,25)26)28-8-11-6-12(10-28)14-4-3-5-16(30)29(14)9-11/h3-5,7,11-13,17,19H,6,8-10H2,1-2H3,(H,27,31)/t11-,12+,13-,17-,19+/m0/s1. The fraction of sp³-hybridized carbons (Fsp3) is 0.619. The molecule has 5 nitrogen and oxygen atoms in total. The van der Waals surface area contributed by atoms with Crippen molar-refractivity contribution in [3.8, 4) is 0 Å². The van der Waals surface area contributed by atoms with Gasteiger partial charge in [-0.3, -0.25) is 14.5 Å². The molecular formula is C21H24Cl5N3O2. The summed E-state index contributed by atoms with van der Waals surface area (Å²) in [6.07, 6.45) is 1.87. The number of piperidine rings is 1. The number of nitrogens with zero attached hydrogens (tertiary/aromatic N) is 2. The number of hydrogen-bond donors (Lipinski definition) is 1.